The molecule has 3 atom stereocenters. The van der Waals surface area contributed by atoms with Crippen molar-refractivity contribution in [3.63, 3.8) is 0 Å². The highest BCUT2D eigenvalue weighted by Crippen LogP contribution is 2.43. The Bertz CT molecular complexity index is 1440. The summed E-state index contributed by atoms with van der Waals surface area (Å²) >= 11 is 0. The number of esters is 1. The van der Waals surface area contributed by atoms with Gasteiger partial charge < -0.3 is 25.2 Å². The average molecular weight is 990 g/mol. The Balaban J connectivity index is 3.84. The quantitative estimate of drug-likeness (QED) is 0.0199. The van der Waals surface area contributed by atoms with Crippen LogP contribution in [0.1, 0.15) is 239 Å². The molecule has 0 saturated heterocycles. The summed E-state index contributed by atoms with van der Waals surface area (Å²) in [7, 11) is -4.77. The second-order valence-electron chi connectivity index (χ2n) is 18.4. The molecule has 1 amide bonds. The Morgan fingerprint density at radius 2 is 0.841 bits per heavy atom. The Labute approximate surface area is 420 Å². The minimum atomic E-state index is -4.77. The van der Waals surface area contributed by atoms with Crippen LogP contribution in [0.5, 0.6) is 0 Å². The van der Waals surface area contributed by atoms with Crippen LogP contribution >= 0.6 is 7.82 Å². The number of phosphoric acid groups is 1. The van der Waals surface area contributed by atoms with E-state index in [1.165, 1.54) is 116 Å². The summed E-state index contributed by atoms with van der Waals surface area (Å²) in [5.74, 6) is -2.39. The van der Waals surface area contributed by atoms with E-state index in [9.17, 15) is 34.1 Å². The number of carboxylic acids is 1. The van der Waals surface area contributed by atoms with Crippen molar-refractivity contribution in [3.05, 3.63) is 72.9 Å². The lowest BCUT2D eigenvalue weighted by atomic mass is 10.0. The first kappa shape index (κ1) is 65.9. The summed E-state index contributed by atoms with van der Waals surface area (Å²) in [5, 5.41) is 22.0. The molecule has 0 spiro atoms. The lowest BCUT2D eigenvalue weighted by Crippen LogP contribution is -2.43. The van der Waals surface area contributed by atoms with Gasteiger partial charge in [0.15, 0.2) is 6.04 Å². The molecule has 11 nitrogen and oxygen atoms in total. The predicted octanol–water partition coefficient (Wildman–Crippen LogP) is 15.6. The van der Waals surface area contributed by atoms with Crippen molar-refractivity contribution in [2.75, 3.05) is 19.8 Å². The van der Waals surface area contributed by atoms with E-state index in [4.69, 9.17) is 13.8 Å². The second kappa shape index (κ2) is 51.3. The standard InChI is InChI=1S/C57H100NO10P/c1-3-5-7-9-11-13-15-17-19-21-23-25-27-29-31-33-35-37-39-41-43-45-47-49-56(61)66-50-53(59)51-67-69(64,65)68-52-54(57(62)63)58-55(60)48-46-44-42-40-38-36-34-32-30-28-26-24-22-20-18-16-14-12-10-8-6-4-2/h5,7,11,13,17,19,23,25,29,31,35,37,53-54,59H,3-4,6,8-10,12,14-16,18,20-22,24,26-28,30,32-34,36,38-52H2,1-2H3,(H,58,60)(H,62,63)(H,64,65)/b7-5-,13-11-,19-17-,25-23-,31-29-,37-35-. The zero-order valence-electron chi connectivity index (χ0n) is 43.6. The number of phosphoric ester groups is 1. The first-order chi connectivity index (χ1) is 33.6. The normalized spacial score (nSPS) is 14.0. The van der Waals surface area contributed by atoms with E-state index in [2.05, 4.69) is 92.1 Å². The zero-order valence-corrected chi connectivity index (χ0v) is 44.5. The number of carbonyl (C=O) groups excluding carboxylic acids is 2. The van der Waals surface area contributed by atoms with Gasteiger partial charge >= 0.3 is 19.8 Å². The largest absolute Gasteiger partial charge is 0.480 e. The van der Waals surface area contributed by atoms with Crippen molar-refractivity contribution in [2.24, 2.45) is 0 Å². The summed E-state index contributed by atoms with van der Waals surface area (Å²) in [4.78, 5) is 46.2. The Morgan fingerprint density at radius 3 is 1.26 bits per heavy atom. The SMILES string of the molecule is CC/C=C\C/C=C\C/C=C\C/C=C\C/C=C\C/C=C\CCCCCCC(=O)OCC(O)COP(=O)(O)OCC(NC(=O)CCCCCCCCCCCCCCCCCCCCCCCC)C(=O)O. The third-order valence-electron chi connectivity index (χ3n) is 11.8. The van der Waals surface area contributed by atoms with Crippen LogP contribution in [-0.4, -0.2) is 64.9 Å². The molecule has 0 aromatic rings. The van der Waals surface area contributed by atoms with Gasteiger partial charge in [-0.25, -0.2) is 9.36 Å². The molecule has 69 heavy (non-hydrogen) atoms. The third-order valence-corrected chi connectivity index (χ3v) is 12.7. The summed E-state index contributed by atoms with van der Waals surface area (Å²) in [5.41, 5.74) is 0. The highest BCUT2D eigenvalue weighted by Gasteiger charge is 2.28. The molecule has 0 rings (SSSR count). The number of nitrogens with one attached hydrogen (secondary N) is 1. The van der Waals surface area contributed by atoms with Crippen molar-refractivity contribution in [1.29, 1.82) is 0 Å². The summed E-state index contributed by atoms with van der Waals surface area (Å²) in [6.45, 7) is 2.49. The van der Waals surface area contributed by atoms with E-state index >= 15 is 0 Å². The number of aliphatic carboxylic acids is 1. The van der Waals surface area contributed by atoms with E-state index in [1.807, 2.05) is 0 Å². The molecule has 0 aliphatic carbocycles. The topological polar surface area (TPSA) is 169 Å². The number of unbranched alkanes of at least 4 members (excludes halogenated alkanes) is 25. The molecule has 0 saturated carbocycles. The molecule has 0 fully saturated rings. The number of rotatable bonds is 51. The molecule has 3 unspecified atom stereocenters. The fraction of sp³-hybridized carbons (Fsp3) is 0.737. The van der Waals surface area contributed by atoms with Crippen molar-refractivity contribution in [2.45, 2.75) is 251 Å². The van der Waals surface area contributed by atoms with Crippen molar-refractivity contribution in [1.82, 2.24) is 5.32 Å². The van der Waals surface area contributed by atoms with Crippen LogP contribution in [0.4, 0.5) is 0 Å². The van der Waals surface area contributed by atoms with E-state index < -0.39 is 57.6 Å². The van der Waals surface area contributed by atoms with E-state index in [-0.39, 0.29) is 12.8 Å². The summed E-state index contributed by atoms with van der Waals surface area (Å²) in [6, 6.07) is -1.55. The van der Waals surface area contributed by atoms with Gasteiger partial charge in [0.1, 0.15) is 12.7 Å². The van der Waals surface area contributed by atoms with Crippen molar-refractivity contribution < 1.29 is 47.8 Å². The highest BCUT2D eigenvalue weighted by molar-refractivity contribution is 7.47. The number of ether oxygens (including phenoxy) is 1. The summed E-state index contributed by atoms with van der Waals surface area (Å²) < 4.78 is 27.0. The summed E-state index contributed by atoms with van der Waals surface area (Å²) in [6.07, 6.45) is 63.5. The first-order valence-electron chi connectivity index (χ1n) is 27.5. The molecule has 0 aromatic heterocycles. The van der Waals surface area contributed by atoms with E-state index in [1.54, 1.807) is 0 Å². The molecule has 4 N–H and O–H groups in total. The van der Waals surface area contributed by atoms with E-state index in [0.717, 1.165) is 83.5 Å². The van der Waals surface area contributed by atoms with Crippen molar-refractivity contribution in [3.8, 4) is 0 Å². The maximum atomic E-state index is 12.4. The molecular formula is C57H100NO10P. The zero-order chi connectivity index (χ0) is 50.6. The fourth-order valence-electron chi connectivity index (χ4n) is 7.56. The number of amides is 1. The lowest BCUT2D eigenvalue weighted by Gasteiger charge is -2.18. The maximum Gasteiger partial charge on any atom is 0.472 e. The Morgan fingerprint density at radius 1 is 0.478 bits per heavy atom. The van der Waals surface area contributed by atoms with Gasteiger partial charge in [0.25, 0.3) is 0 Å². The van der Waals surface area contributed by atoms with Gasteiger partial charge in [-0.1, -0.05) is 234 Å². The van der Waals surface area contributed by atoms with Gasteiger partial charge in [0.05, 0.1) is 13.2 Å². The van der Waals surface area contributed by atoms with Gasteiger partial charge in [0.2, 0.25) is 5.91 Å². The number of carboxylic acid groups (broad SMARTS) is 1. The van der Waals surface area contributed by atoms with Crippen LogP contribution < -0.4 is 5.32 Å². The molecule has 0 radical (unpaired) electrons. The number of allylic oxidation sites excluding steroid dienone is 12. The van der Waals surface area contributed by atoms with Crippen LogP contribution in [0.3, 0.4) is 0 Å². The van der Waals surface area contributed by atoms with Crippen LogP contribution in [0, 0.1) is 0 Å². The van der Waals surface area contributed by atoms with E-state index in [0.29, 0.717) is 12.8 Å². The molecule has 0 bridgehead atoms. The number of hydrogen-bond donors (Lipinski definition) is 4. The van der Waals surface area contributed by atoms with Gasteiger partial charge in [-0.2, -0.15) is 0 Å². The second-order valence-corrected chi connectivity index (χ2v) is 19.9. The van der Waals surface area contributed by atoms with Crippen LogP contribution in [-0.2, 0) is 32.7 Å². The molecule has 0 aromatic carbocycles. The molecular weight excluding hydrogens is 890 g/mol. The van der Waals surface area contributed by atoms with Crippen molar-refractivity contribution >= 4 is 25.7 Å². The number of aliphatic hydroxyl groups is 1. The van der Waals surface area contributed by atoms with Crippen LogP contribution in [0.15, 0.2) is 72.9 Å². The van der Waals surface area contributed by atoms with Gasteiger partial charge in [0, 0.05) is 12.8 Å². The van der Waals surface area contributed by atoms with Gasteiger partial charge in [-0.05, 0) is 64.2 Å². The van der Waals surface area contributed by atoms with Gasteiger partial charge in [-0.15, -0.1) is 0 Å². The monoisotopic (exact) mass is 990 g/mol. The molecule has 0 aliphatic rings. The average Bonchev–Trinajstić information content (AvgIpc) is 3.33. The number of hydrogen-bond acceptors (Lipinski definition) is 8. The Hall–Kier alpha value is -3.08. The number of aliphatic hydroxyl groups excluding tert-OH is 1. The predicted molar refractivity (Wildman–Crippen MR) is 286 cm³/mol. The number of carbonyl (C=O) groups is 3. The molecule has 12 heteroatoms. The van der Waals surface area contributed by atoms with Crippen LogP contribution in [0.25, 0.3) is 0 Å². The molecule has 0 aliphatic heterocycles. The Kier molecular flexibility index (Phi) is 49.0. The maximum absolute atomic E-state index is 12.4. The van der Waals surface area contributed by atoms with Crippen LogP contribution in [0.2, 0.25) is 0 Å². The minimum absolute atomic E-state index is 0.145. The van der Waals surface area contributed by atoms with Gasteiger partial charge in [-0.3, -0.25) is 18.6 Å². The molecule has 0 heterocycles. The smallest absolute Gasteiger partial charge is 0.472 e. The fourth-order valence-corrected chi connectivity index (χ4v) is 8.33. The first-order valence-corrected chi connectivity index (χ1v) is 29.0. The highest BCUT2D eigenvalue weighted by atomic mass is 31.2. The minimum Gasteiger partial charge on any atom is -0.480 e. The third kappa shape index (κ3) is 51.1. The lowest BCUT2D eigenvalue weighted by molar-refractivity contribution is -0.147. The molecule has 398 valence electrons.